The maximum Gasteiger partial charge on any atom is 2.00 e. The first kappa shape index (κ1) is 62.2. The van der Waals surface area contributed by atoms with Crippen LogP contribution in [0.3, 0.4) is 0 Å². The van der Waals surface area contributed by atoms with Crippen LogP contribution in [-0.2, 0) is 34.1 Å². The Balaban J connectivity index is 0.000000613. The van der Waals surface area contributed by atoms with E-state index in [1.165, 1.54) is 52.0 Å². The number of hydrogen-bond acceptors (Lipinski definition) is 14. The molecule has 0 fully saturated rings. The zero-order valence-corrected chi connectivity index (χ0v) is 44.0. The van der Waals surface area contributed by atoms with Crippen molar-refractivity contribution in [1.82, 2.24) is 20.4 Å². The molecule has 0 bridgehead atoms. The monoisotopic (exact) mass is 1120 g/mol. The number of allylic oxidation sites excluding steroid dienone is 8. The van der Waals surface area contributed by atoms with Crippen molar-refractivity contribution >= 4 is 92.0 Å². The summed E-state index contributed by atoms with van der Waals surface area (Å²) in [6, 6.07) is 29.3. The predicted octanol–water partition coefficient (Wildman–Crippen LogP) is 11.1. The molecule has 70 heavy (non-hydrogen) atoms. The van der Waals surface area contributed by atoms with E-state index in [4.69, 9.17) is 55.2 Å². The van der Waals surface area contributed by atoms with Crippen molar-refractivity contribution < 1.29 is 63.4 Å². The fraction of sp³-hybridized carbons (Fsp3) is 0.200. The second-order valence-corrected chi connectivity index (χ2v) is 15.9. The van der Waals surface area contributed by atoms with Gasteiger partial charge in [-0.05, 0) is 100 Å². The Bertz CT molecular complexity index is 2460. The summed E-state index contributed by atoms with van der Waals surface area (Å²) < 4.78 is 11.7. The van der Waals surface area contributed by atoms with Gasteiger partial charge in [0.25, 0.3) is 0 Å². The maximum absolute atomic E-state index is 11.2. The number of rotatable bonds is 12. The van der Waals surface area contributed by atoms with Gasteiger partial charge in [-0.1, -0.05) is 76.3 Å². The first-order valence-electron chi connectivity index (χ1n) is 20.4. The van der Waals surface area contributed by atoms with Gasteiger partial charge in [0.05, 0.1) is 33.4 Å². The number of halogens is 4. The first-order chi connectivity index (χ1) is 32.4. The summed E-state index contributed by atoms with van der Waals surface area (Å²) in [6.07, 6.45) is 5.90. The molecule has 0 saturated carbocycles. The van der Waals surface area contributed by atoms with Crippen molar-refractivity contribution in [3.8, 4) is 45.8 Å². The van der Waals surface area contributed by atoms with Crippen molar-refractivity contribution in [1.29, 1.82) is 0 Å². The molecule has 6 rings (SSSR count). The van der Waals surface area contributed by atoms with Gasteiger partial charge in [-0.25, -0.2) is 0 Å². The van der Waals surface area contributed by atoms with Crippen LogP contribution < -0.4 is 20.4 Å². The zero-order valence-electron chi connectivity index (χ0n) is 39.1. The number of alkyl halides is 4. The Hall–Kier alpha value is -5.80. The van der Waals surface area contributed by atoms with E-state index in [9.17, 15) is 20.4 Å². The fourth-order valence-corrected chi connectivity index (χ4v) is 5.87. The van der Waals surface area contributed by atoms with Gasteiger partial charge in [0.1, 0.15) is 0 Å². The van der Waals surface area contributed by atoms with Crippen LogP contribution in [0.5, 0.6) is 0 Å². The second-order valence-electron chi connectivity index (χ2n) is 14.3. The normalized spacial score (nSPS) is 12.5. The molecule has 0 amide bonds. The molecule has 0 spiro atoms. The van der Waals surface area contributed by atoms with E-state index in [0.29, 0.717) is 69.2 Å². The Morgan fingerprint density at radius 3 is 0.757 bits per heavy atom. The average Bonchev–Trinajstić information content (AvgIpc) is 3.96. The van der Waals surface area contributed by atoms with E-state index < -0.39 is 0 Å². The summed E-state index contributed by atoms with van der Waals surface area (Å²) in [4.78, 5) is 17.7. The van der Waals surface area contributed by atoms with Gasteiger partial charge in [0.15, 0.2) is 0 Å². The third-order valence-corrected chi connectivity index (χ3v) is 8.09. The van der Waals surface area contributed by atoms with E-state index in [1.54, 1.807) is 27.7 Å². The van der Waals surface area contributed by atoms with Crippen molar-refractivity contribution in [2.45, 2.75) is 55.4 Å². The minimum Gasteiger partial charge on any atom is -0.876 e. The summed E-state index contributed by atoms with van der Waals surface area (Å²) in [5, 5.41) is 61.8. The third kappa shape index (κ3) is 23.2. The third-order valence-electron chi connectivity index (χ3n) is 8.09. The molecule has 0 atom stereocenters. The molecule has 4 aromatic carbocycles. The molecular weight excluding hydrogens is 1080 g/mol. The molecule has 0 aliphatic rings. The van der Waals surface area contributed by atoms with Gasteiger partial charge < -0.3 is 29.3 Å². The Kier molecular flexibility index (Phi) is 29.2. The summed E-state index contributed by atoms with van der Waals surface area (Å²) in [6.45, 7) is 13.0. The average molecular weight is 1130 g/mol. The SMILES string of the molecule is CC(/C=C(/C)[O-])=Nc1cccc(-c2nnc(-c3cccc(N=C(C)/C=C(/C)[O-])c3)o2)c1.CC(/C=C(/C)[O-])=Nc1cccc(-c2nnc(-c3cccc(N=C(C)/C=C(/C)[O-])c3)o2)c1.ClCCl.ClCCl.[Cu+2].[Cu+2]. The minimum atomic E-state index is -0.0557. The molecule has 0 N–H and O–H groups in total. The van der Waals surface area contributed by atoms with Gasteiger partial charge in [0, 0.05) is 45.1 Å². The molecule has 2 aromatic heterocycles. The number of aromatic nitrogens is 4. The van der Waals surface area contributed by atoms with Gasteiger partial charge in [-0.3, -0.25) is 20.0 Å². The Morgan fingerprint density at radius 1 is 0.400 bits per heavy atom. The molecule has 2 heterocycles. The van der Waals surface area contributed by atoms with E-state index in [-0.39, 0.29) is 67.9 Å². The van der Waals surface area contributed by atoms with Crippen LogP contribution >= 0.6 is 46.4 Å². The van der Waals surface area contributed by atoms with E-state index in [1.807, 2.05) is 97.1 Å². The van der Waals surface area contributed by atoms with Crippen LogP contribution in [0.25, 0.3) is 45.8 Å². The summed E-state index contributed by atoms with van der Waals surface area (Å²) in [5.41, 5.74) is 8.07. The molecular formula is C50H48Cl4Cu2N8O6. The van der Waals surface area contributed by atoms with Crippen molar-refractivity contribution in [2.24, 2.45) is 20.0 Å². The van der Waals surface area contributed by atoms with Gasteiger partial charge in [0.2, 0.25) is 23.6 Å². The number of benzene rings is 4. The molecule has 20 heteroatoms. The second kappa shape index (κ2) is 32.9. The minimum absolute atomic E-state index is 0. The van der Waals surface area contributed by atoms with Crippen LogP contribution in [0, 0.1) is 0 Å². The van der Waals surface area contributed by atoms with Crippen molar-refractivity contribution in [3.63, 3.8) is 0 Å². The predicted molar refractivity (Wildman–Crippen MR) is 270 cm³/mol. The molecule has 374 valence electrons. The topological polar surface area (TPSA) is 220 Å². The molecule has 0 unspecified atom stereocenters. The molecule has 0 saturated heterocycles. The molecule has 0 aliphatic heterocycles. The zero-order chi connectivity index (χ0) is 50.2. The van der Waals surface area contributed by atoms with Gasteiger partial charge in [-0.15, -0.1) is 89.8 Å². The van der Waals surface area contributed by atoms with Gasteiger partial charge >= 0.3 is 34.1 Å². The summed E-state index contributed by atoms with van der Waals surface area (Å²) in [5.74, 6) is 1.20. The molecule has 6 aromatic rings. The van der Waals surface area contributed by atoms with Crippen LogP contribution in [0.2, 0.25) is 0 Å². The Morgan fingerprint density at radius 2 is 0.586 bits per heavy atom. The van der Waals surface area contributed by atoms with Crippen LogP contribution in [0.1, 0.15) is 55.4 Å². The number of nitrogens with zero attached hydrogens (tertiary/aromatic N) is 8. The van der Waals surface area contributed by atoms with Crippen LogP contribution in [0.15, 0.2) is 173 Å². The fourth-order valence-electron chi connectivity index (χ4n) is 5.87. The van der Waals surface area contributed by atoms with E-state index in [2.05, 4.69) is 40.4 Å². The number of hydrogen-bond donors (Lipinski definition) is 0. The van der Waals surface area contributed by atoms with E-state index in [0.717, 1.165) is 22.3 Å². The molecule has 0 aliphatic carbocycles. The van der Waals surface area contributed by atoms with Crippen molar-refractivity contribution in [3.05, 3.63) is 144 Å². The first-order valence-corrected chi connectivity index (χ1v) is 22.5. The van der Waals surface area contributed by atoms with Crippen molar-refractivity contribution in [2.75, 3.05) is 10.7 Å². The van der Waals surface area contributed by atoms with Crippen LogP contribution in [0.4, 0.5) is 22.7 Å². The van der Waals surface area contributed by atoms with Gasteiger partial charge in [-0.2, -0.15) is 0 Å². The largest absolute Gasteiger partial charge is 2.00 e. The molecule has 2 radical (unpaired) electrons. The Labute approximate surface area is 449 Å². The molecule has 14 nitrogen and oxygen atoms in total. The van der Waals surface area contributed by atoms with Crippen LogP contribution in [-0.4, -0.2) is 53.9 Å². The quantitative estimate of drug-likeness (QED) is 0.0488. The summed E-state index contributed by atoms with van der Waals surface area (Å²) >= 11 is 19.1. The number of aliphatic imine (C=N–C) groups is 4. The maximum atomic E-state index is 11.2. The summed E-state index contributed by atoms with van der Waals surface area (Å²) in [7, 11) is 0. The standard InChI is InChI=1S/2C24H24N4O3.2CH2Cl2.2Cu/c2*1-15(11-17(3)29)25-21-9-5-7-19(13-21)23-27-28-24(31-23)20-8-6-10-22(14-20)26-16(2)12-18(4)30;2*2-1-3;;/h2*5-14,29-30H,1-4H3;2*1H2;;/q;;;;2*+2/p-4/b2*17-11-,18-12-,25-15?,26-16?;;;;. The smallest absolute Gasteiger partial charge is 0.876 e. The van der Waals surface area contributed by atoms with E-state index >= 15 is 0 Å².